The second kappa shape index (κ2) is 17.9. The monoisotopic (exact) mass is 720 g/mol. The van der Waals surface area contributed by atoms with Crippen molar-refractivity contribution in [3.8, 4) is 11.5 Å². The molecule has 2 amide bonds. The van der Waals surface area contributed by atoms with E-state index >= 15 is 0 Å². The van der Waals surface area contributed by atoms with Gasteiger partial charge in [0.15, 0.2) is 11.5 Å². The predicted octanol–water partition coefficient (Wildman–Crippen LogP) is 3.48. The molecule has 0 saturated carbocycles. The van der Waals surface area contributed by atoms with E-state index in [-0.39, 0.29) is 43.2 Å². The van der Waals surface area contributed by atoms with Crippen molar-refractivity contribution in [1.29, 1.82) is 5.41 Å². The van der Waals surface area contributed by atoms with E-state index in [1.165, 1.54) is 18.4 Å². The number of methoxy groups -OCH3 is 1. The Hall–Kier alpha value is -4.86. The number of rotatable bonds is 12. The molecule has 2 aliphatic rings. The van der Waals surface area contributed by atoms with E-state index in [1.54, 1.807) is 55.6 Å². The Balaban J connectivity index is 0.00000239. The van der Waals surface area contributed by atoms with Crippen LogP contribution in [0.4, 0.5) is 11.5 Å². The minimum atomic E-state index is -0.279. The van der Waals surface area contributed by atoms with Crippen molar-refractivity contribution in [3.63, 3.8) is 0 Å². The van der Waals surface area contributed by atoms with E-state index in [0.717, 1.165) is 15.5 Å². The largest absolute Gasteiger partial charge is 0.493 e. The lowest BCUT2D eigenvalue weighted by molar-refractivity contribution is -0.132. The molecule has 3 aromatic rings. The molecule has 14 nitrogen and oxygen atoms in total. The molecule has 1 fully saturated rings. The Morgan fingerprint density at radius 2 is 1.96 bits per heavy atom. The van der Waals surface area contributed by atoms with Gasteiger partial charge in [0.2, 0.25) is 11.8 Å². The summed E-state index contributed by atoms with van der Waals surface area (Å²) in [6.45, 7) is 8.68. The molecular formula is C36H52N10O4S. The summed E-state index contributed by atoms with van der Waals surface area (Å²) in [7, 11) is 4.70. The standard InChI is InChI=1S/C35H45N9O4S.CH5N.H2/c1-6-44(29-10-8-25(36)32(41-29)31(37)23-7-9-26(48-21(2)3)27(17-23)47-5)35(46)24-11-14-42(19-24)20-30(45)43-15-12-22(13-16-43)34-40-18-28(49-34)33(38)39-4;1-2;/h7-10,12,17-18,21,24,37H,6,11,13-16,19-20,36H2,1-5H3,(H2,38,39);2H2,1H3;1H/t24-;;/m1../s1. The van der Waals surface area contributed by atoms with Gasteiger partial charge < -0.3 is 31.6 Å². The maximum atomic E-state index is 13.8. The van der Waals surface area contributed by atoms with Crippen molar-refractivity contribution in [2.75, 3.05) is 71.1 Å². The van der Waals surface area contributed by atoms with Gasteiger partial charge in [-0.1, -0.05) is 6.08 Å². The molecular weight excluding hydrogens is 669 g/mol. The number of nitrogen functional groups attached to an aromatic ring is 1. The molecule has 4 heterocycles. The molecule has 0 spiro atoms. The molecule has 0 bridgehead atoms. The fraction of sp³-hybridized carbons (Fsp3) is 0.444. The highest BCUT2D eigenvalue weighted by Crippen LogP contribution is 2.31. The second-order valence-electron chi connectivity index (χ2n) is 12.3. The highest BCUT2D eigenvalue weighted by Gasteiger charge is 2.34. The van der Waals surface area contributed by atoms with E-state index in [4.69, 9.17) is 31.3 Å². The van der Waals surface area contributed by atoms with Crippen LogP contribution in [0, 0.1) is 11.3 Å². The first-order valence-corrected chi connectivity index (χ1v) is 17.8. The number of nitrogens with two attached hydrogens (primary N) is 3. The van der Waals surface area contributed by atoms with Crippen molar-refractivity contribution >= 4 is 51.8 Å². The number of hydrogen-bond acceptors (Lipinski definition) is 12. The maximum Gasteiger partial charge on any atom is 0.237 e. The Morgan fingerprint density at radius 3 is 2.61 bits per heavy atom. The van der Waals surface area contributed by atoms with Gasteiger partial charge in [-0.15, -0.1) is 11.3 Å². The highest BCUT2D eigenvalue weighted by molar-refractivity contribution is 7.14. The first-order valence-electron chi connectivity index (χ1n) is 17.0. The minimum absolute atomic E-state index is 0. The minimum Gasteiger partial charge on any atom is -0.493 e. The number of ether oxygens (including phenoxy) is 2. The number of likely N-dealkylation sites (tertiary alicyclic amines) is 1. The molecule has 276 valence electrons. The lowest BCUT2D eigenvalue weighted by Crippen LogP contribution is -2.42. The predicted molar refractivity (Wildman–Crippen MR) is 206 cm³/mol. The number of amidine groups is 1. The van der Waals surface area contributed by atoms with E-state index in [2.05, 4.69) is 26.7 Å². The van der Waals surface area contributed by atoms with Crippen molar-refractivity contribution in [2.24, 2.45) is 22.4 Å². The zero-order valence-corrected chi connectivity index (χ0v) is 31.1. The SMILES string of the molecule is CCN(C(=O)[C@@H]1CCN(CC(=O)N2CC=C(c3ncc(C(N)=NC)s3)CC2)C1)c1ccc(N)c(C(=N)c2ccc(OC(C)C)c(OC)c2)n1.CN.[HH]. The van der Waals surface area contributed by atoms with Gasteiger partial charge in [-0.3, -0.25) is 29.8 Å². The van der Waals surface area contributed by atoms with Crippen LogP contribution < -0.4 is 31.6 Å². The van der Waals surface area contributed by atoms with Crippen LogP contribution in [0.15, 0.2) is 47.6 Å². The molecule has 0 aliphatic carbocycles. The number of nitrogens with one attached hydrogen (secondary N) is 1. The van der Waals surface area contributed by atoms with Crippen LogP contribution in [0.5, 0.6) is 11.5 Å². The summed E-state index contributed by atoms with van der Waals surface area (Å²) in [4.78, 5) is 46.6. The summed E-state index contributed by atoms with van der Waals surface area (Å²) in [6.07, 6.45) is 5.11. The smallest absolute Gasteiger partial charge is 0.237 e. The summed E-state index contributed by atoms with van der Waals surface area (Å²) < 4.78 is 11.3. The van der Waals surface area contributed by atoms with Gasteiger partial charge in [-0.25, -0.2) is 9.97 Å². The Labute approximate surface area is 305 Å². The molecule has 51 heavy (non-hydrogen) atoms. The zero-order chi connectivity index (χ0) is 37.2. The fourth-order valence-electron chi connectivity index (χ4n) is 5.98. The van der Waals surface area contributed by atoms with Gasteiger partial charge in [0.25, 0.3) is 0 Å². The van der Waals surface area contributed by atoms with Crippen LogP contribution in [-0.4, -0.2) is 110 Å². The Morgan fingerprint density at radius 1 is 1.20 bits per heavy atom. The molecule has 1 saturated heterocycles. The Kier molecular flexibility index (Phi) is 13.6. The van der Waals surface area contributed by atoms with Crippen LogP contribution in [0.25, 0.3) is 5.57 Å². The number of aliphatic imine (C=N–C) groups is 1. The lowest BCUT2D eigenvalue weighted by atomic mass is 10.0. The quantitative estimate of drug-likeness (QED) is 0.159. The number of pyridine rings is 1. The molecule has 1 atom stereocenters. The zero-order valence-electron chi connectivity index (χ0n) is 30.3. The number of aromatic nitrogens is 2. The third-order valence-corrected chi connectivity index (χ3v) is 9.73. The molecule has 7 N–H and O–H groups in total. The van der Waals surface area contributed by atoms with Gasteiger partial charge in [-0.2, -0.15) is 0 Å². The average Bonchev–Trinajstić information content (AvgIpc) is 3.83. The van der Waals surface area contributed by atoms with Crippen LogP contribution >= 0.6 is 11.3 Å². The summed E-state index contributed by atoms with van der Waals surface area (Å²) in [5.41, 5.74) is 19.1. The molecule has 2 aliphatic heterocycles. The number of benzene rings is 1. The number of nitrogens with zero attached hydrogens (tertiary/aromatic N) is 6. The van der Waals surface area contributed by atoms with E-state index in [1.807, 2.05) is 25.7 Å². The molecule has 2 aromatic heterocycles. The molecule has 5 rings (SSSR count). The number of amides is 2. The van der Waals surface area contributed by atoms with Gasteiger partial charge in [0.05, 0.1) is 42.0 Å². The van der Waals surface area contributed by atoms with Gasteiger partial charge in [0.1, 0.15) is 22.4 Å². The van der Waals surface area contributed by atoms with Crippen molar-refractivity contribution in [1.82, 2.24) is 19.8 Å². The summed E-state index contributed by atoms with van der Waals surface area (Å²) >= 11 is 1.51. The molecule has 1 aromatic carbocycles. The first kappa shape index (κ1) is 38.9. The number of hydrogen-bond donors (Lipinski definition) is 4. The number of thiazole rings is 1. The average molecular weight is 721 g/mol. The lowest BCUT2D eigenvalue weighted by Gasteiger charge is -2.28. The van der Waals surface area contributed by atoms with Crippen molar-refractivity contribution < 1.29 is 20.5 Å². The third kappa shape index (κ3) is 9.28. The normalized spacial score (nSPS) is 16.3. The van der Waals surface area contributed by atoms with Crippen LogP contribution in [0.1, 0.15) is 56.2 Å². The van der Waals surface area contributed by atoms with Crippen molar-refractivity contribution in [3.05, 3.63) is 63.7 Å². The maximum absolute atomic E-state index is 13.8. The highest BCUT2D eigenvalue weighted by atomic mass is 32.1. The Bertz CT molecular complexity index is 1780. The number of carbonyl (C=O) groups is 2. The van der Waals surface area contributed by atoms with E-state index in [0.29, 0.717) is 80.0 Å². The van der Waals surface area contributed by atoms with Crippen LogP contribution in [0.2, 0.25) is 0 Å². The first-order chi connectivity index (χ1) is 24.5. The summed E-state index contributed by atoms with van der Waals surface area (Å²) in [5.74, 6) is 1.67. The van der Waals surface area contributed by atoms with Crippen LogP contribution in [-0.2, 0) is 9.59 Å². The third-order valence-electron chi connectivity index (χ3n) is 8.64. The van der Waals surface area contributed by atoms with E-state index < -0.39 is 0 Å². The molecule has 0 unspecified atom stereocenters. The van der Waals surface area contributed by atoms with Gasteiger partial charge >= 0.3 is 0 Å². The number of carbonyl (C=O) groups excluding carboxylic acids is 2. The van der Waals surface area contributed by atoms with Crippen molar-refractivity contribution in [2.45, 2.75) is 39.7 Å². The number of anilines is 2. The van der Waals surface area contributed by atoms with Crippen LogP contribution in [0.3, 0.4) is 0 Å². The summed E-state index contributed by atoms with van der Waals surface area (Å²) in [6, 6.07) is 8.64. The summed E-state index contributed by atoms with van der Waals surface area (Å²) in [5, 5.41) is 9.82. The van der Waals surface area contributed by atoms with Gasteiger partial charge in [0, 0.05) is 46.4 Å². The topological polar surface area (TPSA) is 202 Å². The van der Waals surface area contributed by atoms with E-state index in [9.17, 15) is 9.59 Å². The molecule has 0 radical (unpaired) electrons. The second-order valence-corrected chi connectivity index (χ2v) is 13.3. The fourth-order valence-corrected chi connectivity index (χ4v) is 6.91. The van der Waals surface area contributed by atoms with Gasteiger partial charge in [-0.05, 0) is 83.1 Å². The molecule has 15 heteroatoms.